The molecule has 0 unspecified atom stereocenters. The first-order valence-corrected chi connectivity index (χ1v) is 4.67. The highest BCUT2D eigenvalue weighted by atomic mass is 35.5. The van der Waals surface area contributed by atoms with Crippen LogP contribution in [0.3, 0.4) is 0 Å². The molecule has 5 heteroatoms. The molecule has 3 N–H and O–H groups in total. The van der Waals surface area contributed by atoms with Crippen molar-refractivity contribution in [3.05, 3.63) is 17.2 Å². The Kier molecular flexibility index (Phi) is 6.16. The summed E-state index contributed by atoms with van der Waals surface area (Å²) in [5.41, 5.74) is 8.09. The van der Waals surface area contributed by atoms with Crippen molar-refractivity contribution < 1.29 is 0 Å². The second-order valence-corrected chi connectivity index (χ2v) is 3.35. The molecule has 0 fully saturated rings. The number of hydrogen-bond donors (Lipinski definition) is 2. The van der Waals surface area contributed by atoms with E-state index < -0.39 is 0 Å². The third kappa shape index (κ3) is 2.87. The lowest BCUT2D eigenvalue weighted by Gasteiger charge is -2.07. The lowest BCUT2D eigenvalue weighted by atomic mass is 10.0. The van der Waals surface area contributed by atoms with Crippen molar-refractivity contribution in [2.45, 2.75) is 32.1 Å². The van der Waals surface area contributed by atoms with E-state index in [4.69, 9.17) is 5.73 Å². The molecule has 3 nitrogen and oxygen atoms in total. The fourth-order valence-corrected chi connectivity index (χ4v) is 1.77. The average Bonchev–Trinajstić information content (AvgIpc) is 2.47. The molecule has 1 heterocycles. The zero-order chi connectivity index (χ0) is 8.39. The molecule has 82 valence electrons. The Morgan fingerprint density at radius 1 is 1.21 bits per heavy atom. The van der Waals surface area contributed by atoms with Crippen LogP contribution in [0.1, 0.15) is 30.1 Å². The van der Waals surface area contributed by atoms with E-state index in [-0.39, 0.29) is 24.8 Å². The van der Waals surface area contributed by atoms with Crippen molar-refractivity contribution >= 4 is 24.8 Å². The molecule has 0 aliphatic heterocycles. The van der Waals surface area contributed by atoms with Gasteiger partial charge in [0.25, 0.3) is 0 Å². The minimum absolute atomic E-state index is 0. The van der Waals surface area contributed by atoms with E-state index in [9.17, 15) is 0 Å². The Hall–Kier alpha value is -0.250. The summed E-state index contributed by atoms with van der Waals surface area (Å²) < 4.78 is 0. The monoisotopic (exact) mass is 237 g/mol. The van der Waals surface area contributed by atoms with E-state index >= 15 is 0 Å². The molecule has 0 saturated carbocycles. The Labute approximate surface area is 96.7 Å². The van der Waals surface area contributed by atoms with Gasteiger partial charge in [-0.3, -0.25) is 0 Å². The van der Waals surface area contributed by atoms with E-state index in [1.165, 1.54) is 30.7 Å². The molecular weight excluding hydrogens is 221 g/mol. The second-order valence-electron chi connectivity index (χ2n) is 3.35. The van der Waals surface area contributed by atoms with E-state index in [1.807, 2.05) is 0 Å². The number of nitrogens with zero attached hydrogens (tertiary/aromatic N) is 1. The highest BCUT2D eigenvalue weighted by molar-refractivity contribution is 5.85. The first-order valence-electron chi connectivity index (χ1n) is 4.67. The predicted molar refractivity (Wildman–Crippen MR) is 62.5 cm³/mol. The molecule has 0 amide bonds. The van der Waals surface area contributed by atoms with Crippen LogP contribution in [0.4, 0.5) is 0 Å². The first-order chi connectivity index (χ1) is 5.90. The van der Waals surface area contributed by atoms with Crippen LogP contribution in [-0.2, 0) is 19.3 Å². The number of fused-ring (bicyclic) bond motifs is 1. The van der Waals surface area contributed by atoms with Crippen LogP contribution in [0, 0.1) is 0 Å². The molecule has 1 aliphatic carbocycles. The maximum atomic E-state index is 5.46. The van der Waals surface area contributed by atoms with Gasteiger partial charge in [0.2, 0.25) is 0 Å². The van der Waals surface area contributed by atoms with Gasteiger partial charge < -0.3 is 10.7 Å². The molecule has 1 aliphatic rings. The number of imidazole rings is 1. The van der Waals surface area contributed by atoms with Crippen molar-refractivity contribution in [1.29, 1.82) is 0 Å². The number of hydrogen-bond acceptors (Lipinski definition) is 2. The van der Waals surface area contributed by atoms with Gasteiger partial charge in [0.15, 0.2) is 0 Å². The molecule has 0 bridgehead atoms. The van der Waals surface area contributed by atoms with Crippen molar-refractivity contribution in [2.24, 2.45) is 5.73 Å². The Balaban J connectivity index is 0.000000845. The largest absolute Gasteiger partial charge is 0.346 e. The van der Waals surface area contributed by atoms with E-state index in [1.54, 1.807) is 0 Å². The second kappa shape index (κ2) is 6.27. The molecule has 14 heavy (non-hydrogen) atoms. The molecule has 2 rings (SSSR count). The topological polar surface area (TPSA) is 54.7 Å². The van der Waals surface area contributed by atoms with Crippen LogP contribution in [0.15, 0.2) is 0 Å². The van der Waals surface area contributed by atoms with Gasteiger partial charge in [0.05, 0.1) is 5.69 Å². The number of aromatic amines is 1. The zero-order valence-electron chi connectivity index (χ0n) is 8.08. The quantitative estimate of drug-likeness (QED) is 0.822. The number of rotatable bonds is 2. The SMILES string of the molecule is Cl.Cl.NCCc1nc2c([nH]1)CCCC2. The predicted octanol–water partition coefficient (Wildman–Crippen LogP) is 1.63. The third-order valence-corrected chi connectivity index (χ3v) is 2.38. The van der Waals surface area contributed by atoms with Gasteiger partial charge in [-0.05, 0) is 32.2 Å². The fourth-order valence-electron chi connectivity index (χ4n) is 1.77. The normalized spacial score (nSPS) is 13.8. The number of nitrogens with one attached hydrogen (secondary N) is 1. The van der Waals surface area contributed by atoms with Crippen molar-refractivity contribution in [3.8, 4) is 0 Å². The molecule has 0 saturated heterocycles. The summed E-state index contributed by atoms with van der Waals surface area (Å²) in [6.45, 7) is 0.687. The molecule has 0 aromatic carbocycles. The summed E-state index contributed by atoms with van der Waals surface area (Å²) in [6.07, 6.45) is 5.80. The van der Waals surface area contributed by atoms with Gasteiger partial charge in [0.1, 0.15) is 5.82 Å². The molecule has 0 radical (unpaired) electrons. The summed E-state index contributed by atoms with van der Waals surface area (Å²) in [6, 6.07) is 0. The number of nitrogens with two attached hydrogens (primary N) is 1. The number of H-pyrrole nitrogens is 1. The molecule has 1 aromatic rings. The van der Waals surface area contributed by atoms with Gasteiger partial charge in [-0.1, -0.05) is 0 Å². The standard InChI is InChI=1S/C9H15N3.2ClH/c10-6-5-9-11-7-3-1-2-4-8(7)12-9;;/h1-6,10H2,(H,11,12);2*1H. The van der Waals surface area contributed by atoms with E-state index in [2.05, 4.69) is 9.97 Å². The summed E-state index contributed by atoms with van der Waals surface area (Å²) in [5.74, 6) is 1.07. The lowest BCUT2D eigenvalue weighted by Crippen LogP contribution is -2.03. The van der Waals surface area contributed by atoms with Crippen LogP contribution in [0.25, 0.3) is 0 Å². The highest BCUT2D eigenvalue weighted by Crippen LogP contribution is 2.18. The molecule has 1 aromatic heterocycles. The minimum Gasteiger partial charge on any atom is -0.346 e. The summed E-state index contributed by atoms with van der Waals surface area (Å²) in [7, 11) is 0. The van der Waals surface area contributed by atoms with Gasteiger partial charge >= 0.3 is 0 Å². The van der Waals surface area contributed by atoms with Gasteiger partial charge in [-0.15, -0.1) is 24.8 Å². The van der Waals surface area contributed by atoms with Gasteiger partial charge in [0, 0.05) is 12.1 Å². The van der Waals surface area contributed by atoms with Crippen molar-refractivity contribution in [1.82, 2.24) is 9.97 Å². The van der Waals surface area contributed by atoms with Crippen molar-refractivity contribution in [2.75, 3.05) is 6.54 Å². The third-order valence-electron chi connectivity index (χ3n) is 2.38. The zero-order valence-corrected chi connectivity index (χ0v) is 9.72. The molecular formula is C9H17Cl2N3. The first kappa shape index (κ1) is 13.8. The Bertz CT molecular complexity index is 250. The van der Waals surface area contributed by atoms with Crippen LogP contribution in [0.2, 0.25) is 0 Å². The van der Waals surface area contributed by atoms with Crippen LogP contribution >= 0.6 is 24.8 Å². The Morgan fingerprint density at radius 2 is 1.93 bits per heavy atom. The summed E-state index contributed by atoms with van der Waals surface area (Å²) in [4.78, 5) is 7.85. The minimum atomic E-state index is 0. The summed E-state index contributed by atoms with van der Waals surface area (Å²) >= 11 is 0. The van der Waals surface area contributed by atoms with Crippen molar-refractivity contribution in [3.63, 3.8) is 0 Å². The fraction of sp³-hybridized carbons (Fsp3) is 0.667. The van der Waals surface area contributed by atoms with Gasteiger partial charge in [-0.25, -0.2) is 4.98 Å². The van der Waals surface area contributed by atoms with E-state index in [0.717, 1.165) is 18.7 Å². The van der Waals surface area contributed by atoms with E-state index in [0.29, 0.717) is 6.54 Å². The number of aromatic nitrogens is 2. The number of aryl methyl sites for hydroxylation is 2. The number of halogens is 2. The average molecular weight is 238 g/mol. The van der Waals surface area contributed by atoms with Gasteiger partial charge in [-0.2, -0.15) is 0 Å². The molecule has 0 atom stereocenters. The lowest BCUT2D eigenvalue weighted by molar-refractivity contribution is 0.667. The molecule has 0 spiro atoms. The highest BCUT2D eigenvalue weighted by Gasteiger charge is 2.13. The maximum absolute atomic E-state index is 5.46. The van der Waals surface area contributed by atoms with Crippen LogP contribution < -0.4 is 5.73 Å². The Morgan fingerprint density at radius 3 is 2.57 bits per heavy atom. The maximum Gasteiger partial charge on any atom is 0.107 e. The van der Waals surface area contributed by atoms with Crippen LogP contribution in [-0.4, -0.2) is 16.5 Å². The summed E-state index contributed by atoms with van der Waals surface area (Å²) in [5, 5.41) is 0. The smallest absolute Gasteiger partial charge is 0.107 e. The van der Waals surface area contributed by atoms with Crippen LogP contribution in [0.5, 0.6) is 0 Å².